The van der Waals surface area contributed by atoms with Crippen LogP contribution in [0.2, 0.25) is 5.02 Å². The molecule has 0 heterocycles. The van der Waals surface area contributed by atoms with Crippen molar-refractivity contribution in [1.29, 1.82) is 0 Å². The van der Waals surface area contributed by atoms with Gasteiger partial charge < -0.3 is 20.1 Å². The highest BCUT2D eigenvalue weighted by Gasteiger charge is 2.24. The Kier molecular flexibility index (Phi) is 8.94. The van der Waals surface area contributed by atoms with Crippen LogP contribution in [0.25, 0.3) is 0 Å². The normalized spacial score (nSPS) is 11.4. The van der Waals surface area contributed by atoms with Crippen molar-refractivity contribution in [2.24, 2.45) is 0 Å². The molecule has 0 aliphatic carbocycles. The monoisotopic (exact) mass is 546 g/mol. The van der Waals surface area contributed by atoms with Crippen molar-refractivity contribution in [3.05, 3.63) is 113 Å². The number of thioether (sulfide) groups is 1. The van der Waals surface area contributed by atoms with Crippen LogP contribution in [0.1, 0.15) is 26.7 Å². The fourth-order valence-corrected chi connectivity index (χ4v) is 5.19. The highest BCUT2D eigenvalue weighted by molar-refractivity contribution is 8.00. The van der Waals surface area contributed by atoms with Crippen molar-refractivity contribution in [2.45, 2.75) is 17.1 Å². The molecule has 4 rings (SSSR count). The zero-order chi connectivity index (χ0) is 27.1. The predicted octanol–water partition coefficient (Wildman–Crippen LogP) is 7.39. The number of methoxy groups -OCH3 is 2. The molecule has 0 saturated carbocycles. The maximum atomic E-state index is 13.6. The lowest BCUT2D eigenvalue weighted by Gasteiger charge is -2.19. The van der Waals surface area contributed by atoms with E-state index in [1.807, 2.05) is 79.7 Å². The molecular weight excluding hydrogens is 520 g/mol. The SMILES string of the molecule is COc1cc(OC)c(NC(=O)C(Sc2cccc(NC(=O)c3ccccc3C)c2)c2ccccc2)cc1Cl. The molecule has 0 spiro atoms. The van der Waals surface area contributed by atoms with E-state index in [9.17, 15) is 9.59 Å². The Labute approximate surface area is 231 Å². The summed E-state index contributed by atoms with van der Waals surface area (Å²) in [6, 6.07) is 27.6. The van der Waals surface area contributed by atoms with E-state index in [1.165, 1.54) is 26.0 Å². The minimum Gasteiger partial charge on any atom is -0.495 e. The quantitative estimate of drug-likeness (QED) is 0.214. The van der Waals surface area contributed by atoms with Gasteiger partial charge in [-0.3, -0.25) is 9.59 Å². The first-order valence-corrected chi connectivity index (χ1v) is 13.1. The molecule has 8 heteroatoms. The molecule has 0 radical (unpaired) electrons. The number of hydrogen-bond donors (Lipinski definition) is 2. The van der Waals surface area contributed by atoms with Crippen molar-refractivity contribution in [1.82, 2.24) is 0 Å². The second-order valence-corrected chi connectivity index (χ2v) is 9.97. The average Bonchev–Trinajstić information content (AvgIpc) is 2.92. The van der Waals surface area contributed by atoms with Gasteiger partial charge in [0.05, 0.1) is 24.9 Å². The van der Waals surface area contributed by atoms with Crippen LogP contribution in [0.5, 0.6) is 11.5 Å². The molecule has 0 aliphatic heterocycles. The third-order valence-electron chi connectivity index (χ3n) is 5.81. The summed E-state index contributed by atoms with van der Waals surface area (Å²) in [4.78, 5) is 27.2. The molecule has 38 heavy (non-hydrogen) atoms. The number of halogens is 1. The van der Waals surface area contributed by atoms with Crippen LogP contribution in [0, 0.1) is 6.92 Å². The zero-order valence-corrected chi connectivity index (χ0v) is 22.7. The highest BCUT2D eigenvalue weighted by atomic mass is 35.5. The molecule has 4 aromatic rings. The van der Waals surface area contributed by atoms with Crippen LogP contribution in [0.3, 0.4) is 0 Å². The highest BCUT2D eigenvalue weighted by Crippen LogP contribution is 2.40. The minimum atomic E-state index is -0.593. The third-order valence-corrected chi connectivity index (χ3v) is 7.35. The fourth-order valence-electron chi connectivity index (χ4n) is 3.87. The Balaban J connectivity index is 1.59. The van der Waals surface area contributed by atoms with Crippen LogP contribution >= 0.6 is 23.4 Å². The molecule has 4 aromatic carbocycles. The Morgan fingerprint density at radius 3 is 2.24 bits per heavy atom. The van der Waals surface area contributed by atoms with Gasteiger partial charge in [0, 0.05) is 22.2 Å². The van der Waals surface area contributed by atoms with E-state index < -0.39 is 5.25 Å². The first-order chi connectivity index (χ1) is 18.4. The number of nitrogens with one attached hydrogen (secondary N) is 2. The number of rotatable bonds is 9. The minimum absolute atomic E-state index is 0.189. The summed E-state index contributed by atoms with van der Waals surface area (Å²) in [7, 11) is 3.02. The lowest BCUT2D eigenvalue weighted by atomic mass is 10.1. The van der Waals surface area contributed by atoms with Crippen molar-refractivity contribution < 1.29 is 19.1 Å². The molecule has 0 saturated heterocycles. The van der Waals surface area contributed by atoms with Gasteiger partial charge in [0.1, 0.15) is 16.7 Å². The molecule has 6 nitrogen and oxygen atoms in total. The number of ether oxygens (including phenoxy) is 2. The van der Waals surface area contributed by atoms with Crippen molar-refractivity contribution >= 4 is 46.6 Å². The van der Waals surface area contributed by atoms with E-state index in [2.05, 4.69) is 10.6 Å². The molecule has 1 unspecified atom stereocenters. The van der Waals surface area contributed by atoms with E-state index in [0.717, 1.165) is 16.0 Å². The number of amides is 2. The fraction of sp³-hybridized carbons (Fsp3) is 0.133. The second kappa shape index (κ2) is 12.5. The van der Waals surface area contributed by atoms with Gasteiger partial charge in [0.2, 0.25) is 5.91 Å². The average molecular weight is 547 g/mol. The third kappa shape index (κ3) is 6.49. The van der Waals surface area contributed by atoms with Gasteiger partial charge in [-0.25, -0.2) is 0 Å². The first kappa shape index (κ1) is 27.1. The van der Waals surface area contributed by atoms with E-state index in [1.54, 1.807) is 18.2 Å². The standard InChI is InChI=1S/C30H27ClN2O4S/c1-19-10-7-8-15-23(19)29(34)32-21-13-9-14-22(16-21)38-28(20-11-5-4-6-12-20)30(35)33-25-17-24(31)26(36-2)18-27(25)37-3/h4-18,28H,1-3H3,(H,32,34)(H,33,35). The molecule has 2 N–H and O–H groups in total. The largest absolute Gasteiger partial charge is 0.495 e. The van der Waals surface area contributed by atoms with E-state index in [4.69, 9.17) is 21.1 Å². The summed E-state index contributed by atoms with van der Waals surface area (Å²) in [6.45, 7) is 1.90. The number of carbonyl (C=O) groups is 2. The zero-order valence-electron chi connectivity index (χ0n) is 21.2. The topological polar surface area (TPSA) is 76.7 Å². The molecule has 194 valence electrons. The number of benzene rings is 4. The summed E-state index contributed by atoms with van der Waals surface area (Å²) < 4.78 is 10.7. The number of hydrogen-bond acceptors (Lipinski definition) is 5. The lowest BCUT2D eigenvalue weighted by Crippen LogP contribution is -2.19. The summed E-state index contributed by atoms with van der Waals surface area (Å²) in [5, 5.41) is 5.67. The van der Waals surface area contributed by atoms with Crippen LogP contribution in [0.4, 0.5) is 11.4 Å². The van der Waals surface area contributed by atoms with E-state index in [0.29, 0.717) is 33.5 Å². The van der Waals surface area contributed by atoms with Crippen LogP contribution in [-0.2, 0) is 4.79 Å². The summed E-state index contributed by atoms with van der Waals surface area (Å²) >= 11 is 7.68. The molecule has 0 aliphatic rings. The summed E-state index contributed by atoms with van der Waals surface area (Å²) in [5.41, 5.74) is 3.40. The maximum absolute atomic E-state index is 13.6. The van der Waals surface area contributed by atoms with Gasteiger partial charge in [-0.2, -0.15) is 0 Å². The van der Waals surface area contributed by atoms with Gasteiger partial charge in [0.25, 0.3) is 5.91 Å². The molecule has 0 bridgehead atoms. The van der Waals surface area contributed by atoms with Gasteiger partial charge in [-0.1, -0.05) is 66.2 Å². The summed E-state index contributed by atoms with van der Waals surface area (Å²) in [5.74, 6) is 0.429. The molecule has 0 aromatic heterocycles. The Morgan fingerprint density at radius 1 is 0.816 bits per heavy atom. The molecule has 0 fully saturated rings. The van der Waals surface area contributed by atoms with Gasteiger partial charge in [-0.05, 0) is 48.4 Å². The number of aryl methyl sites for hydroxylation is 1. The molecule has 2 amide bonds. The van der Waals surface area contributed by atoms with Gasteiger partial charge >= 0.3 is 0 Å². The van der Waals surface area contributed by atoms with Crippen LogP contribution in [-0.4, -0.2) is 26.0 Å². The van der Waals surface area contributed by atoms with Gasteiger partial charge in [-0.15, -0.1) is 11.8 Å². The first-order valence-electron chi connectivity index (χ1n) is 11.8. The lowest BCUT2D eigenvalue weighted by molar-refractivity contribution is -0.115. The Bertz CT molecular complexity index is 1450. The van der Waals surface area contributed by atoms with Gasteiger partial charge in [0.15, 0.2) is 0 Å². The Morgan fingerprint density at radius 2 is 1.53 bits per heavy atom. The number of anilines is 2. The van der Waals surface area contributed by atoms with E-state index >= 15 is 0 Å². The van der Waals surface area contributed by atoms with Crippen LogP contribution in [0.15, 0.2) is 95.9 Å². The van der Waals surface area contributed by atoms with Crippen LogP contribution < -0.4 is 20.1 Å². The summed E-state index contributed by atoms with van der Waals surface area (Å²) in [6.07, 6.45) is 0. The molecule has 1 atom stereocenters. The van der Waals surface area contributed by atoms with Crippen molar-refractivity contribution in [2.75, 3.05) is 24.9 Å². The Hall–Kier alpha value is -3.94. The van der Waals surface area contributed by atoms with E-state index in [-0.39, 0.29) is 11.8 Å². The smallest absolute Gasteiger partial charge is 0.255 e. The predicted molar refractivity (Wildman–Crippen MR) is 154 cm³/mol. The van der Waals surface area contributed by atoms with Crippen molar-refractivity contribution in [3.63, 3.8) is 0 Å². The number of carbonyl (C=O) groups excluding carboxylic acids is 2. The molecular formula is C30H27ClN2O4S. The maximum Gasteiger partial charge on any atom is 0.255 e. The van der Waals surface area contributed by atoms with Crippen molar-refractivity contribution in [3.8, 4) is 11.5 Å². The second-order valence-electron chi connectivity index (χ2n) is 8.38.